The van der Waals surface area contributed by atoms with E-state index in [2.05, 4.69) is 20.9 Å². The van der Waals surface area contributed by atoms with E-state index in [9.17, 15) is 9.90 Å². The molecule has 0 aliphatic heterocycles. The Bertz CT molecular complexity index is 809. The number of anilines is 1. The van der Waals surface area contributed by atoms with Crippen LogP contribution in [0.3, 0.4) is 0 Å². The Morgan fingerprint density at radius 1 is 1.27 bits per heavy atom. The molecule has 0 saturated carbocycles. The van der Waals surface area contributed by atoms with E-state index in [1.807, 2.05) is 61.9 Å². The quantitative estimate of drug-likeness (QED) is 0.215. The first-order chi connectivity index (χ1) is 13.9. The third kappa shape index (κ3) is 8.23. The zero-order valence-corrected chi connectivity index (χ0v) is 21.2. The first-order valence-electron chi connectivity index (χ1n) is 10.0. The second-order valence-electron chi connectivity index (χ2n) is 7.33. The van der Waals surface area contributed by atoms with Gasteiger partial charge in [0.25, 0.3) is 0 Å². The van der Waals surface area contributed by atoms with Crippen LogP contribution in [0.1, 0.15) is 45.2 Å². The number of hydrogen-bond donors (Lipinski definition) is 4. The molecular weight excluding hydrogens is 511 g/mol. The molecule has 2 atom stereocenters. The van der Waals surface area contributed by atoms with Gasteiger partial charge in [-0.05, 0) is 60.4 Å². The van der Waals surface area contributed by atoms with Gasteiger partial charge in [-0.25, -0.2) is 4.99 Å². The predicted octanol–water partition coefficient (Wildman–Crippen LogP) is 4.31. The molecule has 166 valence electrons. The normalized spacial score (nSPS) is 14.2. The van der Waals surface area contributed by atoms with E-state index >= 15 is 0 Å². The molecule has 1 aromatic carbocycles. The Balaban J connectivity index is 0.00000450. The summed E-state index contributed by atoms with van der Waals surface area (Å²) in [5.41, 5.74) is 1.68. The Labute approximate surface area is 200 Å². The molecule has 0 spiro atoms. The van der Waals surface area contributed by atoms with Gasteiger partial charge < -0.3 is 21.1 Å². The van der Waals surface area contributed by atoms with Gasteiger partial charge >= 0.3 is 0 Å². The predicted molar refractivity (Wildman–Crippen MR) is 137 cm³/mol. The summed E-state index contributed by atoms with van der Waals surface area (Å²) < 4.78 is 0. The van der Waals surface area contributed by atoms with Crippen LogP contribution in [0.4, 0.5) is 5.69 Å². The van der Waals surface area contributed by atoms with E-state index in [0.29, 0.717) is 19.0 Å². The smallest absolute Gasteiger partial charge is 0.227 e. The van der Waals surface area contributed by atoms with Crippen LogP contribution in [-0.4, -0.2) is 30.1 Å². The molecule has 2 unspecified atom stereocenters. The third-order valence-electron chi connectivity index (χ3n) is 4.76. The number of guanidine groups is 1. The van der Waals surface area contributed by atoms with E-state index < -0.39 is 5.60 Å². The average molecular weight is 545 g/mol. The minimum Gasteiger partial charge on any atom is -0.384 e. The number of aliphatic imine (C=N–C) groups is 1. The van der Waals surface area contributed by atoms with Gasteiger partial charge in [0.05, 0.1) is 13.1 Å². The van der Waals surface area contributed by atoms with Crippen molar-refractivity contribution in [3.05, 3.63) is 52.2 Å². The van der Waals surface area contributed by atoms with Gasteiger partial charge in [-0.3, -0.25) is 4.79 Å². The highest BCUT2D eigenvalue weighted by Crippen LogP contribution is 2.22. The van der Waals surface area contributed by atoms with Gasteiger partial charge in [-0.2, -0.15) is 11.3 Å². The van der Waals surface area contributed by atoms with Gasteiger partial charge in [0.15, 0.2) is 5.96 Å². The number of carbonyl (C=O) groups is 1. The number of nitrogens with one attached hydrogen (secondary N) is 3. The minimum absolute atomic E-state index is 0. The van der Waals surface area contributed by atoms with Crippen LogP contribution in [0.5, 0.6) is 0 Å². The maximum atomic E-state index is 12.1. The van der Waals surface area contributed by atoms with Crippen molar-refractivity contribution in [3.8, 4) is 0 Å². The molecule has 0 saturated heterocycles. The standard InChI is InChI=1S/C22H32N4O2S.HI/c1-5-16(3)20(27)26-19-9-7-8-17(12-19)13-24-21(23-6-2)25-15-22(4,28)18-10-11-29-14-18;/h7-12,14,16,28H,5-6,13,15H2,1-4H3,(H,26,27)(H2,23,24,25);1H. The van der Waals surface area contributed by atoms with E-state index in [0.717, 1.165) is 29.8 Å². The second-order valence-corrected chi connectivity index (χ2v) is 8.11. The maximum Gasteiger partial charge on any atom is 0.227 e. The lowest BCUT2D eigenvalue weighted by molar-refractivity contribution is -0.119. The van der Waals surface area contributed by atoms with Crippen molar-refractivity contribution in [1.29, 1.82) is 0 Å². The highest BCUT2D eigenvalue weighted by Gasteiger charge is 2.23. The van der Waals surface area contributed by atoms with Crippen LogP contribution in [-0.2, 0) is 16.9 Å². The van der Waals surface area contributed by atoms with E-state index in [1.165, 1.54) is 0 Å². The molecule has 2 rings (SSSR count). The number of hydrogen-bond acceptors (Lipinski definition) is 4. The Morgan fingerprint density at radius 3 is 2.67 bits per heavy atom. The van der Waals surface area contributed by atoms with Crippen LogP contribution in [0.25, 0.3) is 0 Å². The zero-order valence-electron chi connectivity index (χ0n) is 18.1. The Morgan fingerprint density at radius 2 is 2.03 bits per heavy atom. The molecule has 0 aliphatic carbocycles. The van der Waals surface area contributed by atoms with E-state index in [1.54, 1.807) is 18.3 Å². The molecule has 0 fully saturated rings. The van der Waals surface area contributed by atoms with Gasteiger partial charge in [-0.15, -0.1) is 24.0 Å². The number of amides is 1. The lowest BCUT2D eigenvalue weighted by atomic mass is 9.99. The van der Waals surface area contributed by atoms with Crippen molar-refractivity contribution in [2.45, 2.75) is 46.3 Å². The fraction of sp³-hybridized carbons (Fsp3) is 0.455. The fourth-order valence-electron chi connectivity index (χ4n) is 2.64. The number of carbonyl (C=O) groups excluding carboxylic acids is 1. The molecular formula is C22H33IN4O2S. The van der Waals surface area contributed by atoms with Crippen molar-refractivity contribution < 1.29 is 9.90 Å². The number of nitrogens with zero attached hydrogens (tertiary/aromatic N) is 1. The largest absolute Gasteiger partial charge is 0.384 e. The molecule has 4 N–H and O–H groups in total. The molecule has 6 nitrogen and oxygen atoms in total. The summed E-state index contributed by atoms with van der Waals surface area (Å²) in [6.07, 6.45) is 0.808. The molecule has 1 aromatic heterocycles. The van der Waals surface area contributed by atoms with Crippen molar-refractivity contribution in [2.75, 3.05) is 18.4 Å². The summed E-state index contributed by atoms with van der Waals surface area (Å²) in [6.45, 7) is 9.23. The van der Waals surface area contributed by atoms with E-state index in [-0.39, 0.29) is 35.8 Å². The van der Waals surface area contributed by atoms with Crippen LogP contribution >= 0.6 is 35.3 Å². The number of halogens is 1. The molecule has 1 amide bonds. The van der Waals surface area contributed by atoms with Gasteiger partial charge in [0.1, 0.15) is 5.60 Å². The lowest BCUT2D eigenvalue weighted by Gasteiger charge is -2.24. The molecule has 1 heterocycles. The van der Waals surface area contributed by atoms with Crippen molar-refractivity contribution in [1.82, 2.24) is 10.6 Å². The average Bonchev–Trinajstić information content (AvgIpc) is 3.25. The Kier molecular flexibility index (Phi) is 11.4. The lowest BCUT2D eigenvalue weighted by Crippen LogP contribution is -2.44. The summed E-state index contributed by atoms with van der Waals surface area (Å²) in [6, 6.07) is 9.64. The van der Waals surface area contributed by atoms with Crippen LogP contribution in [0.2, 0.25) is 0 Å². The zero-order chi connectivity index (χ0) is 21.3. The number of benzene rings is 1. The van der Waals surface area contributed by atoms with Gasteiger partial charge in [-0.1, -0.05) is 26.0 Å². The van der Waals surface area contributed by atoms with Crippen molar-refractivity contribution in [2.24, 2.45) is 10.9 Å². The SMILES string of the molecule is CCNC(=NCc1cccc(NC(=O)C(C)CC)c1)NCC(C)(O)c1ccsc1.I. The molecule has 0 radical (unpaired) electrons. The minimum atomic E-state index is -0.976. The topological polar surface area (TPSA) is 85.8 Å². The molecule has 30 heavy (non-hydrogen) atoms. The van der Waals surface area contributed by atoms with Crippen molar-refractivity contribution in [3.63, 3.8) is 0 Å². The summed E-state index contributed by atoms with van der Waals surface area (Å²) >= 11 is 1.56. The van der Waals surface area contributed by atoms with Crippen LogP contribution in [0, 0.1) is 5.92 Å². The first-order valence-corrected chi connectivity index (χ1v) is 11.0. The number of rotatable bonds is 9. The van der Waals surface area contributed by atoms with Crippen LogP contribution in [0.15, 0.2) is 46.1 Å². The first kappa shape index (κ1) is 26.4. The molecule has 2 aromatic rings. The molecule has 8 heteroatoms. The number of thiophene rings is 1. The Hall–Kier alpha value is -1.65. The second kappa shape index (κ2) is 12.9. The summed E-state index contributed by atoms with van der Waals surface area (Å²) in [5.74, 6) is 0.646. The number of aliphatic hydroxyl groups is 1. The highest BCUT2D eigenvalue weighted by molar-refractivity contribution is 14.0. The van der Waals surface area contributed by atoms with Gasteiger partial charge in [0, 0.05) is 18.2 Å². The molecule has 0 bridgehead atoms. The maximum absolute atomic E-state index is 12.1. The fourth-order valence-corrected chi connectivity index (χ4v) is 3.42. The summed E-state index contributed by atoms with van der Waals surface area (Å²) in [7, 11) is 0. The third-order valence-corrected chi connectivity index (χ3v) is 5.44. The monoisotopic (exact) mass is 544 g/mol. The summed E-state index contributed by atoms with van der Waals surface area (Å²) in [4.78, 5) is 16.7. The summed E-state index contributed by atoms with van der Waals surface area (Å²) in [5, 5.41) is 24.0. The van der Waals surface area contributed by atoms with Crippen LogP contribution < -0.4 is 16.0 Å². The van der Waals surface area contributed by atoms with E-state index in [4.69, 9.17) is 0 Å². The highest BCUT2D eigenvalue weighted by atomic mass is 127. The van der Waals surface area contributed by atoms with Gasteiger partial charge in [0.2, 0.25) is 5.91 Å². The molecule has 0 aliphatic rings. The van der Waals surface area contributed by atoms with Crippen molar-refractivity contribution >= 4 is 52.9 Å².